The van der Waals surface area contributed by atoms with Crippen LogP contribution in [-0.4, -0.2) is 4.57 Å². The Hall–Kier alpha value is -7.36. The predicted octanol–water partition coefficient (Wildman–Crippen LogP) is 14.6. The number of para-hydroxylation sites is 2. The molecule has 9 aromatic carbocycles. The van der Waals surface area contributed by atoms with Crippen molar-refractivity contribution in [2.45, 2.75) is 0 Å². The smallest absolute Gasteiger partial charge is 0.143 e. The van der Waals surface area contributed by atoms with Crippen LogP contribution in [0, 0.1) is 0 Å². The van der Waals surface area contributed by atoms with Gasteiger partial charge in [0.1, 0.15) is 11.2 Å². The highest BCUT2D eigenvalue weighted by atomic mass is 16.3. The average molecular weight is 703 g/mol. The second-order valence-electron chi connectivity index (χ2n) is 14.1. The minimum Gasteiger partial charge on any atom is -0.455 e. The van der Waals surface area contributed by atoms with Crippen LogP contribution < -0.4 is 4.90 Å². The SMILES string of the molecule is c1ccc(-c2ccc(N(c3ccc(-c4cccc5c4c4ccccc4n5-c4ccccc4)cc3)c3cccc4oc5c6ccccc6ccc5c34)cc2)cc1. The molecule has 0 amide bonds. The van der Waals surface area contributed by atoms with Gasteiger partial charge in [0.15, 0.2) is 0 Å². The molecule has 55 heavy (non-hydrogen) atoms. The zero-order valence-corrected chi connectivity index (χ0v) is 29.9. The summed E-state index contributed by atoms with van der Waals surface area (Å²) >= 11 is 0. The predicted molar refractivity (Wildman–Crippen MR) is 231 cm³/mol. The third kappa shape index (κ3) is 5.05. The Morgan fingerprint density at radius 2 is 1.00 bits per heavy atom. The first-order valence-corrected chi connectivity index (χ1v) is 18.8. The fourth-order valence-electron chi connectivity index (χ4n) is 8.49. The number of aromatic nitrogens is 1. The van der Waals surface area contributed by atoms with Gasteiger partial charge in [0.05, 0.1) is 22.1 Å². The number of benzene rings is 9. The van der Waals surface area contributed by atoms with E-state index in [9.17, 15) is 0 Å². The van der Waals surface area contributed by atoms with E-state index in [0.717, 1.165) is 50.1 Å². The van der Waals surface area contributed by atoms with E-state index < -0.39 is 0 Å². The van der Waals surface area contributed by atoms with Gasteiger partial charge in [-0.2, -0.15) is 0 Å². The van der Waals surface area contributed by atoms with E-state index in [-0.39, 0.29) is 0 Å². The summed E-state index contributed by atoms with van der Waals surface area (Å²) in [5, 5.41) is 6.98. The van der Waals surface area contributed by atoms with Crippen LogP contribution in [0.1, 0.15) is 0 Å². The monoisotopic (exact) mass is 702 g/mol. The van der Waals surface area contributed by atoms with Gasteiger partial charge in [0, 0.05) is 38.6 Å². The largest absolute Gasteiger partial charge is 0.455 e. The van der Waals surface area contributed by atoms with Crippen molar-refractivity contribution in [3.63, 3.8) is 0 Å². The molecule has 0 saturated heterocycles. The fraction of sp³-hybridized carbons (Fsp3) is 0. The zero-order chi connectivity index (χ0) is 36.3. The highest BCUT2D eigenvalue weighted by molar-refractivity contribution is 6.20. The molecule has 0 N–H and O–H groups in total. The summed E-state index contributed by atoms with van der Waals surface area (Å²) in [6, 6.07) is 73.8. The lowest BCUT2D eigenvalue weighted by atomic mass is 9.98. The lowest BCUT2D eigenvalue weighted by molar-refractivity contribution is 0.672. The first kappa shape index (κ1) is 31.2. The first-order valence-electron chi connectivity index (χ1n) is 18.8. The Morgan fingerprint density at radius 1 is 0.382 bits per heavy atom. The Bertz CT molecular complexity index is 3180. The Morgan fingerprint density at radius 3 is 1.78 bits per heavy atom. The average Bonchev–Trinajstić information content (AvgIpc) is 3.82. The summed E-state index contributed by atoms with van der Waals surface area (Å²) in [7, 11) is 0. The van der Waals surface area contributed by atoms with Crippen LogP contribution >= 0.6 is 0 Å². The highest BCUT2D eigenvalue weighted by Crippen LogP contribution is 2.45. The summed E-state index contributed by atoms with van der Waals surface area (Å²) in [4.78, 5) is 2.37. The summed E-state index contributed by atoms with van der Waals surface area (Å²) in [5.74, 6) is 0. The maximum atomic E-state index is 6.66. The molecule has 0 radical (unpaired) electrons. The van der Waals surface area contributed by atoms with Crippen LogP contribution in [0.4, 0.5) is 17.1 Å². The molecule has 3 heteroatoms. The molecular formula is C52H34N2O. The van der Waals surface area contributed by atoms with E-state index in [2.05, 4.69) is 216 Å². The van der Waals surface area contributed by atoms with Crippen molar-refractivity contribution < 1.29 is 4.42 Å². The van der Waals surface area contributed by atoms with Gasteiger partial charge in [-0.15, -0.1) is 0 Å². The van der Waals surface area contributed by atoms with Gasteiger partial charge in [-0.3, -0.25) is 0 Å². The summed E-state index contributed by atoms with van der Waals surface area (Å²) in [5.41, 5.74) is 13.3. The Kier molecular flexibility index (Phi) is 7.17. The molecule has 0 spiro atoms. The second kappa shape index (κ2) is 12.6. The minimum atomic E-state index is 0.868. The van der Waals surface area contributed by atoms with Gasteiger partial charge in [-0.05, 0) is 94.4 Å². The van der Waals surface area contributed by atoms with Crippen molar-refractivity contribution in [1.82, 2.24) is 4.57 Å². The van der Waals surface area contributed by atoms with E-state index in [1.165, 1.54) is 49.4 Å². The molecule has 0 aliphatic rings. The normalized spacial score (nSPS) is 11.6. The summed E-state index contributed by atoms with van der Waals surface area (Å²) in [6.07, 6.45) is 0. The molecule has 2 aromatic heterocycles. The molecule has 11 rings (SSSR count). The van der Waals surface area contributed by atoms with Crippen LogP contribution in [0.5, 0.6) is 0 Å². The third-order valence-corrected chi connectivity index (χ3v) is 11.0. The summed E-state index contributed by atoms with van der Waals surface area (Å²) in [6.45, 7) is 0. The molecule has 0 bridgehead atoms. The number of furan rings is 1. The number of anilines is 3. The van der Waals surface area contributed by atoms with Crippen LogP contribution in [0.25, 0.3) is 82.5 Å². The lowest BCUT2D eigenvalue weighted by Crippen LogP contribution is -2.10. The molecule has 2 heterocycles. The first-order chi connectivity index (χ1) is 27.3. The maximum Gasteiger partial charge on any atom is 0.143 e. The Balaban J connectivity index is 1.09. The van der Waals surface area contributed by atoms with Crippen LogP contribution in [0.3, 0.4) is 0 Å². The third-order valence-electron chi connectivity index (χ3n) is 11.0. The van der Waals surface area contributed by atoms with Crippen molar-refractivity contribution >= 4 is 71.6 Å². The van der Waals surface area contributed by atoms with E-state index in [4.69, 9.17) is 4.42 Å². The maximum absolute atomic E-state index is 6.66. The van der Waals surface area contributed by atoms with Gasteiger partial charge in [-0.25, -0.2) is 0 Å². The van der Waals surface area contributed by atoms with Crippen molar-refractivity contribution in [2.75, 3.05) is 4.90 Å². The van der Waals surface area contributed by atoms with Crippen molar-refractivity contribution in [1.29, 1.82) is 0 Å². The van der Waals surface area contributed by atoms with Gasteiger partial charge in [0.25, 0.3) is 0 Å². The molecule has 0 aliphatic heterocycles. The molecule has 258 valence electrons. The van der Waals surface area contributed by atoms with Gasteiger partial charge >= 0.3 is 0 Å². The molecule has 0 unspecified atom stereocenters. The van der Waals surface area contributed by atoms with Crippen LogP contribution in [0.2, 0.25) is 0 Å². The van der Waals surface area contributed by atoms with E-state index in [1.54, 1.807) is 0 Å². The van der Waals surface area contributed by atoms with Gasteiger partial charge < -0.3 is 13.9 Å². The van der Waals surface area contributed by atoms with E-state index >= 15 is 0 Å². The quantitative estimate of drug-likeness (QED) is 0.172. The molecule has 0 saturated carbocycles. The summed E-state index contributed by atoms with van der Waals surface area (Å²) < 4.78 is 9.04. The van der Waals surface area contributed by atoms with E-state index in [1.807, 2.05) is 0 Å². The lowest BCUT2D eigenvalue weighted by Gasteiger charge is -2.26. The second-order valence-corrected chi connectivity index (χ2v) is 14.1. The highest BCUT2D eigenvalue weighted by Gasteiger charge is 2.21. The number of rotatable bonds is 6. The standard InChI is InChI=1S/C52H34N2O/c1-3-13-35(14-4-1)36-25-30-40(31-26-36)53(48-23-12-24-49-51(48)45-34-29-37-15-7-8-18-43(37)52(45)55-49)41-32-27-38(28-33-41)42-20-11-22-47-50(42)44-19-9-10-21-46(44)54(47)39-16-5-2-6-17-39/h1-34H. The molecule has 11 aromatic rings. The molecule has 0 aliphatic carbocycles. The molecule has 3 nitrogen and oxygen atoms in total. The number of nitrogens with zero attached hydrogens (tertiary/aromatic N) is 2. The topological polar surface area (TPSA) is 21.3 Å². The Labute approximate surface area is 318 Å². The number of fused-ring (bicyclic) bond motifs is 8. The molecular weight excluding hydrogens is 669 g/mol. The molecule has 0 atom stereocenters. The van der Waals surface area contributed by atoms with Gasteiger partial charge in [-0.1, -0.05) is 140 Å². The minimum absolute atomic E-state index is 0.868. The fourth-order valence-corrected chi connectivity index (χ4v) is 8.49. The zero-order valence-electron chi connectivity index (χ0n) is 29.9. The van der Waals surface area contributed by atoms with Crippen molar-refractivity contribution in [3.05, 3.63) is 206 Å². The molecule has 0 fully saturated rings. The van der Waals surface area contributed by atoms with Crippen molar-refractivity contribution in [2.24, 2.45) is 0 Å². The number of hydrogen-bond acceptors (Lipinski definition) is 2. The van der Waals surface area contributed by atoms with Crippen LogP contribution in [0.15, 0.2) is 211 Å². The van der Waals surface area contributed by atoms with Crippen LogP contribution in [-0.2, 0) is 0 Å². The number of hydrogen-bond donors (Lipinski definition) is 0. The van der Waals surface area contributed by atoms with Gasteiger partial charge in [0.2, 0.25) is 0 Å². The van der Waals surface area contributed by atoms with E-state index in [0.29, 0.717) is 0 Å². The van der Waals surface area contributed by atoms with Crippen molar-refractivity contribution in [3.8, 4) is 27.9 Å².